The Morgan fingerprint density at radius 3 is 2.58 bits per heavy atom. The molecule has 1 N–H and O–H groups in total. The van der Waals surface area contributed by atoms with Crippen LogP contribution in [0.5, 0.6) is 11.5 Å². The summed E-state index contributed by atoms with van der Waals surface area (Å²) in [6.45, 7) is 0. The predicted molar refractivity (Wildman–Crippen MR) is 100 cm³/mol. The van der Waals surface area contributed by atoms with Crippen LogP contribution in [0.4, 0.5) is 5.69 Å². The van der Waals surface area contributed by atoms with Crippen molar-refractivity contribution in [2.24, 2.45) is 5.92 Å². The molecule has 1 aliphatic carbocycles. The summed E-state index contributed by atoms with van der Waals surface area (Å²) in [6.07, 6.45) is 5.70. The summed E-state index contributed by atoms with van der Waals surface area (Å²) in [4.78, 5) is 0. The van der Waals surface area contributed by atoms with Crippen LogP contribution in [-0.2, 0) is 0 Å². The first kappa shape index (κ1) is 15.6. The Hall–Kier alpha value is -1.94. The summed E-state index contributed by atoms with van der Waals surface area (Å²) >= 11 is 3.52. The quantitative estimate of drug-likeness (QED) is 0.727. The third-order valence-electron chi connectivity index (χ3n) is 5.09. The second-order valence-electron chi connectivity index (χ2n) is 6.32. The van der Waals surface area contributed by atoms with Gasteiger partial charge in [0.15, 0.2) is 0 Å². The lowest BCUT2D eigenvalue weighted by Crippen LogP contribution is -2.29. The van der Waals surface area contributed by atoms with E-state index in [1.165, 1.54) is 11.1 Å². The van der Waals surface area contributed by atoms with Gasteiger partial charge in [-0.1, -0.05) is 40.2 Å². The highest BCUT2D eigenvalue weighted by Gasteiger charge is 2.39. The third-order valence-corrected chi connectivity index (χ3v) is 5.62. The van der Waals surface area contributed by atoms with E-state index in [9.17, 15) is 0 Å². The maximum absolute atomic E-state index is 5.63. The summed E-state index contributed by atoms with van der Waals surface area (Å²) in [5.74, 6) is 2.58. The molecule has 24 heavy (non-hydrogen) atoms. The average molecular weight is 386 g/mol. The molecule has 124 valence electrons. The van der Waals surface area contributed by atoms with Crippen molar-refractivity contribution in [1.82, 2.24) is 0 Å². The van der Waals surface area contributed by atoms with E-state index >= 15 is 0 Å². The number of halogens is 1. The molecule has 0 saturated carbocycles. The molecule has 0 fully saturated rings. The van der Waals surface area contributed by atoms with Crippen molar-refractivity contribution in [2.75, 3.05) is 19.5 Å². The maximum Gasteiger partial charge on any atom is 0.145 e. The minimum absolute atomic E-state index is 0.271. The van der Waals surface area contributed by atoms with E-state index in [0.29, 0.717) is 11.8 Å². The van der Waals surface area contributed by atoms with Crippen molar-refractivity contribution < 1.29 is 9.47 Å². The molecule has 0 spiro atoms. The van der Waals surface area contributed by atoms with Gasteiger partial charge in [0.25, 0.3) is 0 Å². The molecule has 2 aliphatic rings. The van der Waals surface area contributed by atoms with Crippen molar-refractivity contribution in [1.29, 1.82) is 0 Å². The molecule has 3 atom stereocenters. The van der Waals surface area contributed by atoms with Gasteiger partial charge in [0, 0.05) is 16.5 Å². The molecule has 3 unspecified atom stereocenters. The SMILES string of the molecule is COc1cc(OC)c2c(c1)C1C=CCC1C(c1ccc(Br)cc1)N2. The highest BCUT2D eigenvalue weighted by molar-refractivity contribution is 9.10. The lowest BCUT2D eigenvalue weighted by molar-refractivity contribution is 0.381. The Bertz CT molecular complexity index is 785. The van der Waals surface area contributed by atoms with Crippen molar-refractivity contribution in [3.63, 3.8) is 0 Å². The van der Waals surface area contributed by atoms with Crippen LogP contribution < -0.4 is 14.8 Å². The molecule has 0 bridgehead atoms. The summed E-state index contributed by atoms with van der Waals surface area (Å²) in [5.41, 5.74) is 3.65. The van der Waals surface area contributed by atoms with Gasteiger partial charge in [0.1, 0.15) is 11.5 Å². The van der Waals surface area contributed by atoms with Crippen molar-refractivity contribution in [3.05, 3.63) is 64.1 Å². The van der Waals surface area contributed by atoms with E-state index in [0.717, 1.165) is 28.1 Å². The summed E-state index contributed by atoms with van der Waals surface area (Å²) in [5, 5.41) is 3.74. The minimum atomic E-state index is 0.271. The van der Waals surface area contributed by atoms with Gasteiger partial charge < -0.3 is 14.8 Å². The number of allylic oxidation sites excluding steroid dienone is 2. The first-order valence-electron chi connectivity index (χ1n) is 8.16. The fourth-order valence-corrected chi connectivity index (χ4v) is 4.18. The van der Waals surface area contributed by atoms with Gasteiger partial charge in [-0.3, -0.25) is 0 Å². The largest absolute Gasteiger partial charge is 0.497 e. The van der Waals surface area contributed by atoms with Gasteiger partial charge in [-0.15, -0.1) is 0 Å². The molecule has 0 radical (unpaired) electrons. The molecule has 0 saturated heterocycles. The molecule has 2 aromatic rings. The van der Waals surface area contributed by atoms with Crippen LogP contribution in [-0.4, -0.2) is 14.2 Å². The monoisotopic (exact) mass is 385 g/mol. The van der Waals surface area contributed by atoms with Crippen LogP contribution >= 0.6 is 15.9 Å². The van der Waals surface area contributed by atoms with E-state index in [-0.39, 0.29) is 6.04 Å². The van der Waals surface area contributed by atoms with E-state index in [1.807, 2.05) is 6.07 Å². The van der Waals surface area contributed by atoms with Crippen molar-refractivity contribution >= 4 is 21.6 Å². The zero-order chi connectivity index (χ0) is 16.7. The molecular weight excluding hydrogens is 366 g/mol. The van der Waals surface area contributed by atoms with Gasteiger partial charge in [-0.05, 0) is 41.7 Å². The van der Waals surface area contributed by atoms with E-state index in [1.54, 1.807) is 14.2 Å². The number of fused-ring (bicyclic) bond motifs is 3. The number of rotatable bonds is 3. The van der Waals surface area contributed by atoms with Crippen molar-refractivity contribution in [2.45, 2.75) is 18.4 Å². The predicted octanol–water partition coefficient (Wildman–Crippen LogP) is 5.29. The lowest BCUT2D eigenvalue weighted by atomic mass is 9.77. The number of methoxy groups -OCH3 is 2. The topological polar surface area (TPSA) is 30.5 Å². The fourth-order valence-electron chi connectivity index (χ4n) is 3.92. The Morgan fingerprint density at radius 1 is 1.08 bits per heavy atom. The number of nitrogens with one attached hydrogen (secondary N) is 1. The summed E-state index contributed by atoms with van der Waals surface area (Å²) in [6, 6.07) is 13.0. The highest BCUT2D eigenvalue weighted by Crippen LogP contribution is 2.53. The van der Waals surface area contributed by atoms with E-state index < -0.39 is 0 Å². The average Bonchev–Trinajstić information content (AvgIpc) is 3.11. The van der Waals surface area contributed by atoms with Gasteiger partial charge >= 0.3 is 0 Å². The Kier molecular flexibility index (Phi) is 4.01. The number of ether oxygens (including phenoxy) is 2. The van der Waals surface area contributed by atoms with Gasteiger partial charge in [-0.25, -0.2) is 0 Å². The molecule has 0 amide bonds. The minimum Gasteiger partial charge on any atom is -0.497 e. The molecule has 0 aromatic heterocycles. The normalized spacial score (nSPS) is 24.0. The molecule has 4 rings (SSSR count). The second-order valence-corrected chi connectivity index (χ2v) is 7.24. The van der Waals surface area contributed by atoms with Crippen LogP contribution in [0.1, 0.15) is 29.5 Å². The molecule has 3 nitrogen and oxygen atoms in total. The fraction of sp³-hybridized carbons (Fsp3) is 0.300. The first-order valence-corrected chi connectivity index (χ1v) is 8.95. The molecule has 2 aromatic carbocycles. The maximum atomic E-state index is 5.63. The summed E-state index contributed by atoms with van der Waals surface area (Å²) < 4.78 is 12.2. The van der Waals surface area contributed by atoms with Crippen LogP contribution in [0, 0.1) is 5.92 Å². The van der Waals surface area contributed by atoms with E-state index in [4.69, 9.17) is 9.47 Å². The Labute approximate surface area is 150 Å². The van der Waals surface area contributed by atoms with Crippen LogP contribution in [0.3, 0.4) is 0 Å². The number of anilines is 1. The van der Waals surface area contributed by atoms with Crippen LogP contribution in [0.25, 0.3) is 0 Å². The third kappa shape index (κ3) is 2.49. The molecule has 1 aliphatic heterocycles. The highest BCUT2D eigenvalue weighted by atomic mass is 79.9. The number of hydrogen-bond donors (Lipinski definition) is 1. The van der Waals surface area contributed by atoms with Gasteiger partial charge in [0.2, 0.25) is 0 Å². The Balaban J connectivity index is 1.82. The number of hydrogen-bond acceptors (Lipinski definition) is 3. The zero-order valence-corrected chi connectivity index (χ0v) is 15.3. The van der Waals surface area contributed by atoms with Crippen LogP contribution in [0.15, 0.2) is 53.0 Å². The second kappa shape index (κ2) is 6.17. The first-order chi connectivity index (χ1) is 11.7. The standard InChI is InChI=1S/C20H20BrNO2/c1-23-14-10-17-15-4-3-5-16(15)19(12-6-8-13(21)9-7-12)22-20(17)18(11-14)24-2/h3-4,6-11,15-16,19,22H,5H2,1-2H3. The lowest BCUT2D eigenvalue weighted by Gasteiger charge is -2.38. The number of benzene rings is 2. The zero-order valence-electron chi connectivity index (χ0n) is 13.8. The smallest absolute Gasteiger partial charge is 0.145 e. The summed E-state index contributed by atoms with van der Waals surface area (Å²) in [7, 11) is 3.41. The van der Waals surface area contributed by atoms with Crippen LogP contribution in [0.2, 0.25) is 0 Å². The Morgan fingerprint density at radius 2 is 1.88 bits per heavy atom. The molecule has 1 heterocycles. The molecule has 4 heteroatoms. The van der Waals surface area contributed by atoms with Crippen molar-refractivity contribution in [3.8, 4) is 11.5 Å². The van der Waals surface area contributed by atoms with E-state index in [2.05, 4.69) is 63.7 Å². The van der Waals surface area contributed by atoms with Gasteiger partial charge in [-0.2, -0.15) is 0 Å². The van der Waals surface area contributed by atoms with Gasteiger partial charge in [0.05, 0.1) is 25.9 Å². The molecular formula is C20H20BrNO2.